The lowest BCUT2D eigenvalue weighted by atomic mass is 9.97. The Hall–Kier alpha value is -1.02. The molecule has 1 aliphatic heterocycles. The topological polar surface area (TPSA) is 21.3 Å². The summed E-state index contributed by atoms with van der Waals surface area (Å²) in [5.41, 5.74) is 2.55. The van der Waals surface area contributed by atoms with Crippen molar-refractivity contribution in [3.8, 4) is 5.75 Å². The number of rotatable bonds is 2. The van der Waals surface area contributed by atoms with E-state index in [0.29, 0.717) is 18.2 Å². The van der Waals surface area contributed by atoms with Crippen molar-refractivity contribution in [3.63, 3.8) is 0 Å². The summed E-state index contributed by atoms with van der Waals surface area (Å²) in [5.74, 6) is 1.02. The van der Waals surface area contributed by atoms with Crippen LogP contribution in [0.4, 0.5) is 0 Å². The molecular weight excluding hydrogens is 210 g/mol. The van der Waals surface area contributed by atoms with E-state index in [2.05, 4.69) is 51.2 Å². The number of piperidine rings is 1. The SMILES string of the molecule is Cc1cc(C)cc(OC2CC(C)NC(C)C2)c1. The minimum absolute atomic E-state index is 0.349. The van der Waals surface area contributed by atoms with Gasteiger partial charge in [0.15, 0.2) is 0 Å². The normalized spacial score (nSPS) is 29.1. The predicted octanol–water partition coefficient (Wildman–Crippen LogP) is 3.21. The highest BCUT2D eigenvalue weighted by molar-refractivity contribution is 5.33. The van der Waals surface area contributed by atoms with Gasteiger partial charge in [-0.1, -0.05) is 6.07 Å². The van der Waals surface area contributed by atoms with Gasteiger partial charge < -0.3 is 10.1 Å². The van der Waals surface area contributed by atoms with E-state index >= 15 is 0 Å². The van der Waals surface area contributed by atoms with Crippen LogP contribution in [0.25, 0.3) is 0 Å². The number of benzene rings is 1. The lowest BCUT2D eigenvalue weighted by Crippen LogP contribution is -2.46. The molecule has 1 saturated heterocycles. The third kappa shape index (κ3) is 3.47. The molecule has 1 fully saturated rings. The van der Waals surface area contributed by atoms with E-state index in [0.717, 1.165) is 18.6 Å². The Balaban J connectivity index is 2.04. The van der Waals surface area contributed by atoms with Crippen molar-refractivity contribution in [3.05, 3.63) is 29.3 Å². The van der Waals surface area contributed by atoms with Crippen LogP contribution in [0.15, 0.2) is 18.2 Å². The Morgan fingerprint density at radius 2 is 1.53 bits per heavy atom. The number of aryl methyl sites for hydroxylation is 2. The smallest absolute Gasteiger partial charge is 0.120 e. The van der Waals surface area contributed by atoms with Crippen LogP contribution in [-0.2, 0) is 0 Å². The lowest BCUT2D eigenvalue weighted by Gasteiger charge is -2.33. The maximum atomic E-state index is 6.12. The summed E-state index contributed by atoms with van der Waals surface area (Å²) in [6, 6.07) is 7.54. The first-order chi connectivity index (χ1) is 8.02. The number of hydrogen-bond donors (Lipinski definition) is 1. The molecule has 0 radical (unpaired) electrons. The van der Waals surface area contributed by atoms with Crippen molar-refractivity contribution in [1.29, 1.82) is 0 Å². The van der Waals surface area contributed by atoms with Crippen LogP contribution in [0, 0.1) is 13.8 Å². The Morgan fingerprint density at radius 1 is 1.00 bits per heavy atom. The monoisotopic (exact) mass is 233 g/mol. The van der Waals surface area contributed by atoms with Crippen LogP contribution < -0.4 is 10.1 Å². The van der Waals surface area contributed by atoms with E-state index in [4.69, 9.17) is 4.74 Å². The summed E-state index contributed by atoms with van der Waals surface area (Å²) in [7, 11) is 0. The Morgan fingerprint density at radius 3 is 2.06 bits per heavy atom. The highest BCUT2D eigenvalue weighted by atomic mass is 16.5. The molecule has 0 aromatic heterocycles. The van der Waals surface area contributed by atoms with Crippen molar-refractivity contribution >= 4 is 0 Å². The van der Waals surface area contributed by atoms with Crippen LogP contribution in [0.2, 0.25) is 0 Å². The average molecular weight is 233 g/mol. The molecule has 1 heterocycles. The number of hydrogen-bond acceptors (Lipinski definition) is 2. The summed E-state index contributed by atoms with van der Waals surface area (Å²) in [5, 5.41) is 3.54. The van der Waals surface area contributed by atoms with Gasteiger partial charge in [-0.3, -0.25) is 0 Å². The van der Waals surface area contributed by atoms with Crippen molar-refractivity contribution in [2.45, 2.75) is 58.7 Å². The van der Waals surface area contributed by atoms with Crippen molar-refractivity contribution in [2.24, 2.45) is 0 Å². The number of nitrogens with one attached hydrogen (secondary N) is 1. The predicted molar refractivity (Wildman–Crippen MR) is 71.6 cm³/mol. The fraction of sp³-hybridized carbons (Fsp3) is 0.600. The van der Waals surface area contributed by atoms with E-state index in [-0.39, 0.29) is 0 Å². The molecule has 0 bridgehead atoms. The zero-order valence-corrected chi connectivity index (χ0v) is 11.3. The molecule has 1 aromatic rings. The Bertz CT molecular complexity index is 358. The first-order valence-electron chi connectivity index (χ1n) is 6.54. The maximum Gasteiger partial charge on any atom is 0.120 e. The Labute approximate surface area is 104 Å². The van der Waals surface area contributed by atoms with Gasteiger partial charge in [0.2, 0.25) is 0 Å². The molecule has 1 aromatic carbocycles. The molecule has 2 nitrogen and oxygen atoms in total. The second-order valence-electron chi connectivity index (χ2n) is 5.50. The zero-order valence-electron chi connectivity index (χ0n) is 11.3. The van der Waals surface area contributed by atoms with Crippen LogP contribution in [-0.4, -0.2) is 18.2 Å². The molecule has 0 saturated carbocycles. The van der Waals surface area contributed by atoms with Gasteiger partial charge in [0, 0.05) is 12.1 Å². The van der Waals surface area contributed by atoms with Crippen molar-refractivity contribution < 1.29 is 4.74 Å². The fourth-order valence-corrected chi connectivity index (χ4v) is 2.80. The van der Waals surface area contributed by atoms with Crippen LogP contribution in [0.3, 0.4) is 0 Å². The zero-order chi connectivity index (χ0) is 12.4. The highest BCUT2D eigenvalue weighted by Gasteiger charge is 2.24. The van der Waals surface area contributed by atoms with Gasteiger partial charge in [0.05, 0.1) is 0 Å². The molecule has 2 heteroatoms. The van der Waals surface area contributed by atoms with Crippen LogP contribution in [0.1, 0.15) is 37.8 Å². The fourth-order valence-electron chi connectivity index (χ4n) is 2.80. The average Bonchev–Trinajstić information content (AvgIpc) is 2.13. The van der Waals surface area contributed by atoms with E-state index in [9.17, 15) is 0 Å². The molecule has 1 N–H and O–H groups in total. The van der Waals surface area contributed by atoms with Crippen LogP contribution >= 0.6 is 0 Å². The molecular formula is C15H23NO. The summed E-state index contributed by atoms with van der Waals surface area (Å²) < 4.78 is 6.12. The van der Waals surface area contributed by atoms with Gasteiger partial charge in [-0.05, 0) is 63.8 Å². The minimum atomic E-state index is 0.349. The number of ether oxygens (including phenoxy) is 1. The lowest BCUT2D eigenvalue weighted by molar-refractivity contribution is 0.123. The largest absolute Gasteiger partial charge is 0.490 e. The molecule has 0 aliphatic carbocycles. The summed E-state index contributed by atoms with van der Waals surface area (Å²) in [4.78, 5) is 0. The van der Waals surface area contributed by atoms with Crippen LogP contribution in [0.5, 0.6) is 5.75 Å². The second kappa shape index (κ2) is 5.09. The molecule has 1 aliphatic rings. The van der Waals surface area contributed by atoms with Gasteiger partial charge in [-0.25, -0.2) is 0 Å². The summed E-state index contributed by atoms with van der Waals surface area (Å²) in [6.45, 7) is 8.70. The molecule has 2 unspecified atom stereocenters. The first kappa shape index (κ1) is 12.4. The quantitative estimate of drug-likeness (QED) is 0.847. The molecule has 2 rings (SSSR count). The third-order valence-electron chi connectivity index (χ3n) is 3.30. The van der Waals surface area contributed by atoms with Gasteiger partial charge >= 0.3 is 0 Å². The van der Waals surface area contributed by atoms with E-state index in [1.165, 1.54) is 11.1 Å². The van der Waals surface area contributed by atoms with E-state index < -0.39 is 0 Å². The molecule has 94 valence electrons. The van der Waals surface area contributed by atoms with Crippen molar-refractivity contribution in [2.75, 3.05) is 0 Å². The maximum absolute atomic E-state index is 6.12. The minimum Gasteiger partial charge on any atom is -0.490 e. The molecule has 17 heavy (non-hydrogen) atoms. The van der Waals surface area contributed by atoms with Crippen molar-refractivity contribution in [1.82, 2.24) is 5.32 Å². The van der Waals surface area contributed by atoms with Gasteiger partial charge in [0.1, 0.15) is 11.9 Å². The standard InChI is InChI=1S/C15H23NO/c1-10-5-11(2)7-14(6-10)17-15-8-12(3)16-13(4)9-15/h5-7,12-13,15-16H,8-9H2,1-4H3. The van der Waals surface area contributed by atoms with Gasteiger partial charge in [-0.2, -0.15) is 0 Å². The highest BCUT2D eigenvalue weighted by Crippen LogP contribution is 2.23. The Kier molecular flexibility index (Phi) is 3.72. The van der Waals surface area contributed by atoms with Gasteiger partial charge in [0.25, 0.3) is 0 Å². The van der Waals surface area contributed by atoms with Gasteiger partial charge in [-0.15, -0.1) is 0 Å². The molecule has 0 amide bonds. The summed E-state index contributed by atoms with van der Waals surface area (Å²) >= 11 is 0. The first-order valence-corrected chi connectivity index (χ1v) is 6.54. The van der Waals surface area contributed by atoms with E-state index in [1.807, 2.05) is 0 Å². The third-order valence-corrected chi connectivity index (χ3v) is 3.30. The van der Waals surface area contributed by atoms with E-state index in [1.54, 1.807) is 0 Å². The second-order valence-corrected chi connectivity index (χ2v) is 5.50. The molecule has 2 atom stereocenters. The summed E-state index contributed by atoms with van der Waals surface area (Å²) in [6.07, 6.45) is 2.54. The molecule has 0 spiro atoms.